The molecule has 1 unspecified atom stereocenters. The van der Waals surface area contributed by atoms with Crippen molar-refractivity contribution in [1.82, 2.24) is 15.3 Å². The zero-order valence-corrected chi connectivity index (χ0v) is 21.3. The van der Waals surface area contributed by atoms with Crippen LogP contribution >= 0.6 is 11.6 Å². The van der Waals surface area contributed by atoms with E-state index >= 15 is 0 Å². The van der Waals surface area contributed by atoms with Gasteiger partial charge in [-0.05, 0) is 62.1 Å². The second-order valence-corrected chi connectivity index (χ2v) is 11.5. The van der Waals surface area contributed by atoms with E-state index in [-0.39, 0.29) is 17.6 Å². The summed E-state index contributed by atoms with van der Waals surface area (Å²) in [5.41, 5.74) is 2.47. The first kappa shape index (κ1) is 24.9. The van der Waals surface area contributed by atoms with Crippen molar-refractivity contribution in [2.75, 3.05) is 10.8 Å². The summed E-state index contributed by atoms with van der Waals surface area (Å²) in [6, 6.07) is 15.7. The topological polar surface area (TPSA) is 101 Å². The summed E-state index contributed by atoms with van der Waals surface area (Å²) in [6.07, 6.45) is 1.39. The molecule has 1 atom stereocenters. The van der Waals surface area contributed by atoms with Crippen LogP contribution in [0.5, 0.6) is 0 Å². The largest absolute Gasteiger partial charge is 0.444 e. The zero-order valence-electron chi connectivity index (χ0n) is 19.7. The number of sulfonamides is 1. The maximum absolute atomic E-state index is 13.5. The van der Waals surface area contributed by atoms with Crippen molar-refractivity contribution < 1.29 is 17.9 Å². The molecule has 0 aliphatic carbocycles. The maximum atomic E-state index is 13.5. The monoisotopic (exact) mass is 514 g/mol. The van der Waals surface area contributed by atoms with Gasteiger partial charge >= 0.3 is 6.09 Å². The van der Waals surface area contributed by atoms with Gasteiger partial charge in [0.2, 0.25) is 15.3 Å². The fourth-order valence-corrected chi connectivity index (χ4v) is 5.74. The summed E-state index contributed by atoms with van der Waals surface area (Å²) in [4.78, 5) is 20.7. The van der Waals surface area contributed by atoms with Crippen molar-refractivity contribution in [3.05, 3.63) is 77.2 Å². The summed E-state index contributed by atoms with van der Waals surface area (Å²) >= 11 is 5.97. The Labute approximate surface area is 210 Å². The average molecular weight is 515 g/mol. The molecule has 3 aromatic rings. The van der Waals surface area contributed by atoms with E-state index < -0.39 is 27.8 Å². The van der Waals surface area contributed by atoms with Gasteiger partial charge < -0.3 is 10.1 Å². The van der Waals surface area contributed by atoms with Crippen LogP contribution in [-0.2, 0) is 20.5 Å². The normalized spacial score (nSPS) is 15.9. The van der Waals surface area contributed by atoms with Crippen molar-refractivity contribution in [1.29, 1.82) is 0 Å². The van der Waals surface area contributed by atoms with Crippen LogP contribution in [0.15, 0.2) is 60.8 Å². The predicted molar refractivity (Wildman–Crippen MR) is 136 cm³/mol. The van der Waals surface area contributed by atoms with Crippen LogP contribution < -0.4 is 9.62 Å². The number of carbonyl (C=O) groups is 1. The molecule has 2 heterocycles. The number of benzene rings is 2. The Bertz CT molecular complexity index is 1330. The summed E-state index contributed by atoms with van der Waals surface area (Å²) in [6.45, 7) is 5.58. The molecule has 2 aromatic carbocycles. The average Bonchev–Trinajstić information content (AvgIpc) is 2.78. The number of ether oxygens (including phenoxy) is 1. The molecule has 1 aliphatic heterocycles. The van der Waals surface area contributed by atoms with Gasteiger partial charge in [0.1, 0.15) is 5.60 Å². The third kappa shape index (κ3) is 6.10. The number of rotatable bonds is 5. The molecule has 1 N–H and O–H groups in total. The molecule has 8 nitrogen and oxygen atoms in total. The van der Waals surface area contributed by atoms with Crippen LogP contribution in [0.25, 0.3) is 11.3 Å². The molecular formula is C25H27ClN4O4S. The minimum atomic E-state index is -3.71. The molecule has 1 aromatic heterocycles. The third-order valence-corrected chi connectivity index (χ3v) is 7.37. The first-order valence-electron chi connectivity index (χ1n) is 11.2. The van der Waals surface area contributed by atoms with Gasteiger partial charge in [-0.15, -0.1) is 0 Å². The van der Waals surface area contributed by atoms with Crippen molar-refractivity contribution in [2.45, 2.75) is 44.6 Å². The van der Waals surface area contributed by atoms with E-state index in [1.54, 1.807) is 51.2 Å². The summed E-state index contributed by atoms with van der Waals surface area (Å²) in [5.74, 6) is -0.138. The molecule has 35 heavy (non-hydrogen) atoms. The summed E-state index contributed by atoms with van der Waals surface area (Å²) in [7, 11) is -3.71. The third-order valence-electron chi connectivity index (χ3n) is 5.44. The SMILES string of the molecule is CC(C)(C)OC(=O)NC1CCN(S(=O)(=O)Cc2ccccc2)c2cc(-c3ccnc(Cl)n3)ccc21. The molecule has 1 aliphatic rings. The summed E-state index contributed by atoms with van der Waals surface area (Å²) < 4.78 is 33.8. The van der Waals surface area contributed by atoms with Crippen LogP contribution in [0.2, 0.25) is 5.28 Å². The van der Waals surface area contributed by atoms with E-state index in [4.69, 9.17) is 16.3 Å². The molecule has 1 amide bonds. The van der Waals surface area contributed by atoms with Crippen molar-refractivity contribution in [3.63, 3.8) is 0 Å². The molecule has 0 radical (unpaired) electrons. The van der Waals surface area contributed by atoms with Gasteiger partial charge in [0.05, 0.1) is 23.2 Å². The van der Waals surface area contributed by atoms with Crippen LogP contribution in [0, 0.1) is 0 Å². The van der Waals surface area contributed by atoms with E-state index in [1.165, 1.54) is 4.31 Å². The Kier molecular flexibility index (Phi) is 7.00. The predicted octanol–water partition coefficient (Wildman–Crippen LogP) is 5.10. The maximum Gasteiger partial charge on any atom is 0.408 e. The highest BCUT2D eigenvalue weighted by Gasteiger charge is 2.34. The smallest absolute Gasteiger partial charge is 0.408 e. The molecule has 0 saturated carbocycles. The number of alkyl carbamates (subject to hydrolysis) is 1. The number of anilines is 1. The number of nitrogens with one attached hydrogen (secondary N) is 1. The van der Waals surface area contributed by atoms with E-state index in [0.29, 0.717) is 34.5 Å². The number of hydrogen-bond donors (Lipinski definition) is 1. The van der Waals surface area contributed by atoms with Crippen molar-refractivity contribution in [3.8, 4) is 11.3 Å². The lowest BCUT2D eigenvalue weighted by atomic mass is 9.95. The number of hydrogen-bond acceptors (Lipinski definition) is 6. The second-order valence-electron chi connectivity index (χ2n) is 9.29. The Morgan fingerprint density at radius 3 is 2.60 bits per heavy atom. The van der Waals surface area contributed by atoms with Crippen LogP contribution in [-0.4, -0.2) is 36.6 Å². The van der Waals surface area contributed by atoms with Crippen LogP contribution in [0.3, 0.4) is 0 Å². The lowest BCUT2D eigenvalue weighted by Gasteiger charge is -2.36. The van der Waals surface area contributed by atoms with Gasteiger partial charge in [0.15, 0.2) is 0 Å². The second kappa shape index (κ2) is 9.83. The van der Waals surface area contributed by atoms with E-state index in [0.717, 1.165) is 0 Å². The van der Waals surface area contributed by atoms with Crippen molar-refractivity contribution in [2.24, 2.45) is 0 Å². The first-order valence-corrected chi connectivity index (χ1v) is 13.2. The van der Waals surface area contributed by atoms with Crippen molar-refractivity contribution >= 4 is 33.4 Å². The molecule has 184 valence electrons. The van der Waals surface area contributed by atoms with E-state index in [1.807, 2.05) is 30.3 Å². The van der Waals surface area contributed by atoms with Gasteiger partial charge in [0, 0.05) is 18.3 Å². The Morgan fingerprint density at radius 1 is 1.17 bits per heavy atom. The lowest BCUT2D eigenvalue weighted by molar-refractivity contribution is 0.0501. The van der Waals surface area contributed by atoms with E-state index in [9.17, 15) is 13.2 Å². The van der Waals surface area contributed by atoms with Crippen LogP contribution in [0.4, 0.5) is 10.5 Å². The molecule has 0 spiro atoms. The van der Waals surface area contributed by atoms with Crippen LogP contribution in [0.1, 0.15) is 44.4 Å². The standard InChI is InChI=1S/C25H27ClN4O4S/c1-25(2,3)34-24(31)29-21-12-14-30(35(32,33)16-17-7-5-4-6-8-17)22-15-18(9-10-19(21)22)20-11-13-27-23(26)28-20/h4-11,13,15,21H,12,14,16H2,1-3H3,(H,29,31). The van der Waals surface area contributed by atoms with Gasteiger partial charge in [-0.2, -0.15) is 0 Å². The van der Waals surface area contributed by atoms with Gasteiger partial charge in [-0.3, -0.25) is 4.31 Å². The Balaban J connectivity index is 1.73. The number of amides is 1. The number of nitrogens with zero attached hydrogens (tertiary/aromatic N) is 3. The molecule has 0 saturated heterocycles. The Hall–Kier alpha value is -3.17. The lowest BCUT2D eigenvalue weighted by Crippen LogP contribution is -2.42. The molecular weight excluding hydrogens is 488 g/mol. The quantitative estimate of drug-likeness (QED) is 0.475. The highest BCUT2D eigenvalue weighted by Crippen LogP contribution is 2.39. The van der Waals surface area contributed by atoms with Gasteiger partial charge in [-0.1, -0.05) is 42.5 Å². The fourth-order valence-electron chi connectivity index (χ4n) is 3.98. The number of fused-ring (bicyclic) bond motifs is 1. The number of carbonyl (C=O) groups excluding carboxylic acids is 1. The fraction of sp³-hybridized carbons (Fsp3) is 0.320. The number of halogens is 1. The Morgan fingerprint density at radius 2 is 1.91 bits per heavy atom. The molecule has 4 rings (SSSR count). The minimum absolute atomic E-state index is 0.0956. The highest BCUT2D eigenvalue weighted by molar-refractivity contribution is 7.92. The highest BCUT2D eigenvalue weighted by atomic mass is 35.5. The van der Waals surface area contributed by atoms with Gasteiger partial charge in [0.25, 0.3) is 0 Å². The minimum Gasteiger partial charge on any atom is -0.444 e. The van der Waals surface area contributed by atoms with E-state index in [2.05, 4.69) is 15.3 Å². The summed E-state index contributed by atoms with van der Waals surface area (Å²) in [5, 5.41) is 2.99. The molecule has 0 bridgehead atoms. The molecule has 0 fully saturated rings. The van der Waals surface area contributed by atoms with Gasteiger partial charge in [-0.25, -0.2) is 23.2 Å². The number of aromatic nitrogens is 2. The first-order chi connectivity index (χ1) is 16.5. The molecule has 10 heteroatoms. The zero-order chi connectivity index (χ0) is 25.2.